The minimum absolute atomic E-state index is 0.00821. The number of ether oxygens (including phenoxy) is 2. The molecule has 1 aliphatic heterocycles. The van der Waals surface area contributed by atoms with Crippen molar-refractivity contribution in [3.8, 4) is 5.75 Å². The molecular weight excluding hydrogens is 416 g/mol. The molecule has 2 N–H and O–H groups in total. The number of aliphatic hydroxyl groups excluding tert-OH is 1. The molecule has 0 amide bonds. The van der Waals surface area contributed by atoms with E-state index in [0.29, 0.717) is 19.3 Å². The number of aliphatic hydroxyl groups is 1. The van der Waals surface area contributed by atoms with Crippen molar-refractivity contribution >= 4 is 16.7 Å². The van der Waals surface area contributed by atoms with Gasteiger partial charge in [0.2, 0.25) is 0 Å². The maximum atomic E-state index is 12.5. The van der Waals surface area contributed by atoms with Gasteiger partial charge in [0.15, 0.2) is 0 Å². The van der Waals surface area contributed by atoms with E-state index in [1.807, 2.05) is 57.2 Å². The number of fused-ring (bicyclic) bond motifs is 1. The zero-order chi connectivity index (χ0) is 24.1. The van der Waals surface area contributed by atoms with Crippen LogP contribution < -0.4 is 4.74 Å². The minimum Gasteiger partial charge on any atom is -0.497 e. The number of carboxylic acid groups (broad SMARTS) is 1. The largest absolute Gasteiger partial charge is 0.497 e. The third-order valence-corrected chi connectivity index (χ3v) is 7.91. The number of aliphatic carboxylic acids is 1. The van der Waals surface area contributed by atoms with E-state index in [1.165, 1.54) is 0 Å². The van der Waals surface area contributed by atoms with Crippen LogP contribution in [0.1, 0.15) is 59.4 Å². The lowest BCUT2D eigenvalue weighted by Gasteiger charge is -2.32. The van der Waals surface area contributed by atoms with Crippen molar-refractivity contribution in [1.82, 2.24) is 0 Å². The van der Waals surface area contributed by atoms with Gasteiger partial charge in [0, 0.05) is 12.3 Å². The van der Waals surface area contributed by atoms with E-state index in [4.69, 9.17) is 9.47 Å². The molecule has 0 spiro atoms. The van der Waals surface area contributed by atoms with Crippen LogP contribution in [0.15, 0.2) is 58.9 Å². The lowest BCUT2D eigenvalue weighted by atomic mass is 9.74. The van der Waals surface area contributed by atoms with Crippen LogP contribution in [0.4, 0.5) is 0 Å². The van der Waals surface area contributed by atoms with Gasteiger partial charge in [0.25, 0.3) is 0 Å². The van der Waals surface area contributed by atoms with Crippen LogP contribution in [0.5, 0.6) is 5.75 Å². The summed E-state index contributed by atoms with van der Waals surface area (Å²) in [5, 5.41) is 22.8. The van der Waals surface area contributed by atoms with Gasteiger partial charge in [-0.05, 0) is 85.7 Å². The summed E-state index contributed by atoms with van der Waals surface area (Å²) in [4.78, 5) is 12.5. The molecule has 1 heterocycles. The second-order valence-corrected chi connectivity index (χ2v) is 10.2. The molecule has 4 unspecified atom stereocenters. The van der Waals surface area contributed by atoms with Crippen LogP contribution in [-0.4, -0.2) is 35.0 Å². The molecule has 0 saturated heterocycles. The van der Waals surface area contributed by atoms with Gasteiger partial charge in [-0.2, -0.15) is 0 Å². The summed E-state index contributed by atoms with van der Waals surface area (Å²) >= 11 is 0. The zero-order valence-electron chi connectivity index (χ0n) is 20.4. The highest BCUT2D eigenvalue weighted by Gasteiger charge is 2.45. The molecular formula is C28H34O5. The number of rotatable bonds is 6. The first kappa shape index (κ1) is 23.4. The summed E-state index contributed by atoms with van der Waals surface area (Å²) in [5.41, 5.74) is 2.34. The topological polar surface area (TPSA) is 76.0 Å². The second-order valence-electron chi connectivity index (χ2n) is 10.2. The van der Waals surface area contributed by atoms with Crippen molar-refractivity contribution in [1.29, 1.82) is 0 Å². The number of hydrogen-bond donors (Lipinski definition) is 2. The highest BCUT2D eigenvalue weighted by molar-refractivity contribution is 5.88. The molecule has 0 radical (unpaired) electrons. The van der Waals surface area contributed by atoms with Gasteiger partial charge in [0.1, 0.15) is 17.1 Å². The second kappa shape index (κ2) is 8.21. The Hall–Kier alpha value is -2.79. The summed E-state index contributed by atoms with van der Waals surface area (Å²) in [5.74, 6) is 0.835. The molecule has 176 valence electrons. The summed E-state index contributed by atoms with van der Waals surface area (Å²) in [7, 11) is 1.63. The predicted octanol–water partition coefficient (Wildman–Crippen LogP) is 5.75. The van der Waals surface area contributed by atoms with Gasteiger partial charge >= 0.3 is 5.97 Å². The van der Waals surface area contributed by atoms with Crippen molar-refractivity contribution in [2.75, 3.05) is 7.11 Å². The normalized spacial score (nSPS) is 26.8. The van der Waals surface area contributed by atoms with Crippen LogP contribution in [0, 0.1) is 5.92 Å². The van der Waals surface area contributed by atoms with Crippen LogP contribution in [0.3, 0.4) is 0 Å². The Labute approximate surface area is 195 Å². The fourth-order valence-electron chi connectivity index (χ4n) is 5.21. The Morgan fingerprint density at radius 3 is 2.55 bits per heavy atom. The molecule has 5 nitrogen and oxygen atoms in total. The van der Waals surface area contributed by atoms with E-state index in [2.05, 4.69) is 6.92 Å². The van der Waals surface area contributed by atoms with Crippen LogP contribution in [-0.2, 0) is 14.9 Å². The summed E-state index contributed by atoms with van der Waals surface area (Å²) in [6.07, 6.45) is 1.26. The van der Waals surface area contributed by atoms with Gasteiger partial charge in [-0.1, -0.05) is 31.2 Å². The number of carboxylic acids is 1. The fraction of sp³-hybridized carbons (Fsp3) is 0.464. The Balaban J connectivity index is 1.58. The van der Waals surface area contributed by atoms with E-state index in [1.54, 1.807) is 14.0 Å². The zero-order valence-corrected chi connectivity index (χ0v) is 20.4. The number of carbonyl (C=O) groups is 1. The minimum atomic E-state index is -1.05. The lowest BCUT2D eigenvalue weighted by molar-refractivity contribution is -0.143. The molecule has 2 aromatic carbocycles. The number of benzene rings is 2. The van der Waals surface area contributed by atoms with E-state index < -0.39 is 23.1 Å². The molecule has 0 aromatic heterocycles. The lowest BCUT2D eigenvalue weighted by Crippen LogP contribution is -2.36. The fourth-order valence-corrected chi connectivity index (χ4v) is 5.21. The summed E-state index contributed by atoms with van der Waals surface area (Å²) < 4.78 is 11.8. The molecule has 0 fully saturated rings. The molecule has 2 aromatic rings. The van der Waals surface area contributed by atoms with Crippen LogP contribution >= 0.6 is 0 Å². The van der Waals surface area contributed by atoms with Gasteiger partial charge in [0.05, 0.1) is 18.6 Å². The third kappa shape index (κ3) is 3.93. The molecule has 0 saturated carbocycles. The van der Waals surface area contributed by atoms with Crippen molar-refractivity contribution in [2.24, 2.45) is 5.92 Å². The standard InChI is InChI=1S/C28H34O5/c1-16-17(2)25-23(18(3)24(16)29)15-27(4,33-25)11-12-28(5,26(30)31)21-9-7-20-14-22(32-6)10-8-19(20)13-21/h7-10,13-14,18,24,29H,11-12,15H2,1-6H3,(H,30,31). The molecule has 33 heavy (non-hydrogen) atoms. The van der Waals surface area contributed by atoms with Gasteiger partial charge in [-0.25, -0.2) is 0 Å². The average molecular weight is 451 g/mol. The van der Waals surface area contributed by atoms with Gasteiger partial charge in [-0.15, -0.1) is 0 Å². The van der Waals surface area contributed by atoms with Crippen molar-refractivity contribution < 1.29 is 24.5 Å². The highest BCUT2D eigenvalue weighted by atomic mass is 16.5. The van der Waals surface area contributed by atoms with Gasteiger partial charge in [-0.3, -0.25) is 4.79 Å². The maximum absolute atomic E-state index is 12.5. The highest BCUT2D eigenvalue weighted by Crippen LogP contribution is 2.49. The summed E-state index contributed by atoms with van der Waals surface area (Å²) in [6.45, 7) is 9.85. The predicted molar refractivity (Wildman–Crippen MR) is 129 cm³/mol. The molecule has 2 aliphatic rings. The number of allylic oxidation sites excluding steroid dienone is 1. The number of hydrogen-bond acceptors (Lipinski definition) is 4. The van der Waals surface area contributed by atoms with E-state index in [9.17, 15) is 15.0 Å². The summed E-state index contributed by atoms with van der Waals surface area (Å²) in [6, 6.07) is 11.6. The Bertz CT molecular complexity index is 1180. The Kier molecular flexibility index (Phi) is 5.81. The smallest absolute Gasteiger partial charge is 0.313 e. The monoisotopic (exact) mass is 450 g/mol. The first-order valence-electron chi connectivity index (χ1n) is 11.6. The molecule has 4 atom stereocenters. The number of methoxy groups -OCH3 is 1. The van der Waals surface area contributed by atoms with Crippen molar-refractivity contribution in [2.45, 2.75) is 71.0 Å². The van der Waals surface area contributed by atoms with E-state index >= 15 is 0 Å². The Morgan fingerprint density at radius 1 is 1.21 bits per heavy atom. The van der Waals surface area contributed by atoms with E-state index in [-0.39, 0.29) is 5.92 Å². The molecule has 0 bridgehead atoms. The quantitative estimate of drug-likeness (QED) is 0.586. The molecule has 5 heteroatoms. The van der Waals surface area contributed by atoms with E-state index in [0.717, 1.165) is 44.6 Å². The van der Waals surface area contributed by atoms with Crippen molar-refractivity contribution in [3.63, 3.8) is 0 Å². The van der Waals surface area contributed by atoms with Crippen LogP contribution in [0.25, 0.3) is 10.8 Å². The first-order chi connectivity index (χ1) is 15.5. The van der Waals surface area contributed by atoms with Crippen molar-refractivity contribution in [3.05, 3.63) is 64.4 Å². The molecule has 4 rings (SSSR count). The third-order valence-electron chi connectivity index (χ3n) is 7.91. The maximum Gasteiger partial charge on any atom is 0.313 e. The van der Waals surface area contributed by atoms with Crippen LogP contribution in [0.2, 0.25) is 0 Å². The SMILES string of the molecule is COc1ccc2cc(C(C)(CCC3(C)CC4=C(O3)C(C)=C(C)C(O)C4C)C(=O)O)ccc2c1. The average Bonchev–Trinajstić information content (AvgIpc) is 3.17. The molecule has 1 aliphatic carbocycles. The Morgan fingerprint density at radius 2 is 1.88 bits per heavy atom. The van der Waals surface area contributed by atoms with Gasteiger partial charge < -0.3 is 19.7 Å². The first-order valence-corrected chi connectivity index (χ1v) is 11.6.